The first-order valence-electron chi connectivity index (χ1n) is 8.00. The monoisotopic (exact) mass is 362 g/mol. The maximum Gasteiger partial charge on any atom is 0.406 e. The maximum atomic E-state index is 12.6. The Labute approximate surface area is 143 Å². The van der Waals surface area contributed by atoms with Crippen molar-refractivity contribution in [1.82, 2.24) is 9.80 Å². The van der Waals surface area contributed by atoms with Gasteiger partial charge in [0.1, 0.15) is 6.54 Å². The van der Waals surface area contributed by atoms with Crippen molar-refractivity contribution < 1.29 is 22.8 Å². The van der Waals surface area contributed by atoms with Crippen LogP contribution in [0, 0.1) is 5.92 Å². The van der Waals surface area contributed by atoms with Gasteiger partial charge in [-0.2, -0.15) is 13.2 Å². The molecule has 1 aliphatic rings. The molecule has 0 N–H and O–H groups in total. The van der Waals surface area contributed by atoms with Crippen molar-refractivity contribution in [3.05, 3.63) is 22.4 Å². The molecule has 0 atom stereocenters. The molecule has 0 saturated carbocycles. The second-order valence-corrected chi connectivity index (χ2v) is 6.87. The van der Waals surface area contributed by atoms with Crippen molar-refractivity contribution in [2.75, 3.05) is 26.2 Å². The molecule has 134 valence electrons. The summed E-state index contributed by atoms with van der Waals surface area (Å²) in [5.41, 5.74) is 0. The second-order valence-electron chi connectivity index (χ2n) is 5.92. The molecule has 1 aliphatic heterocycles. The van der Waals surface area contributed by atoms with Gasteiger partial charge in [-0.05, 0) is 30.7 Å². The van der Waals surface area contributed by atoms with Gasteiger partial charge in [0.2, 0.25) is 5.91 Å². The van der Waals surface area contributed by atoms with E-state index in [1.165, 1.54) is 11.3 Å². The third-order valence-corrected chi connectivity index (χ3v) is 4.90. The molecule has 0 aliphatic carbocycles. The molecule has 0 radical (unpaired) electrons. The molecule has 2 amide bonds. The first kappa shape index (κ1) is 18.8. The number of alkyl halides is 3. The van der Waals surface area contributed by atoms with Gasteiger partial charge in [0.25, 0.3) is 5.91 Å². The van der Waals surface area contributed by atoms with Crippen LogP contribution in [0.1, 0.15) is 35.9 Å². The minimum Gasteiger partial charge on any atom is -0.338 e. The minimum atomic E-state index is -4.39. The number of piperidine rings is 1. The molecule has 8 heteroatoms. The number of thiophene rings is 1. The fraction of sp³-hybridized carbons (Fsp3) is 0.625. The number of hydrogen-bond donors (Lipinski definition) is 0. The Balaban J connectivity index is 1.92. The van der Waals surface area contributed by atoms with Gasteiger partial charge in [0, 0.05) is 25.6 Å². The molecule has 2 rings (SSSR count). The number of hydrogen-bond acceptors (Lipinski definition) is 3. The van der Waals surface area contributed by atoms with Crippen LogP contribution in [-0.4, -0.2) is 54.0 Å². The van der Waals surface area contributed by atoms with Crippen LogP contribution in [0.5, 0.6) is 0 Å². The predicted molar refractivity (Wildman–Crippen MR) is 85.9 cm³/mol. The van der Waals surface area contributed by atoms with E-state index in [1.807, 2.05) is 5.38 Å². The van der Waals surface area contributed by atoms with Crippen molar-refractivity contribution in [2.24, 2.45) is 5.92 Å². The van der Waals surface area contributed by atoms with Crippen molar-refractivity contribution >= 4 is 23.2 Å². The lowest BCUT2D eigenvalue weighted by molar-refractivity contribution is -0.164. The number of halogens is 3. The van der Waals surface area contributed by atoms with Gasteiger partial charge in [-0.3, -0.25) is 9.59 Å². The van der Waals surface area contributed by atoms with Crippen LogP contribution in [0.3, 0.4) is 0 Å². The Bertz CT molecular complexity index is 552. The van der Waals surface area contributed by atoms with Gasteiger partial charge in [-0.15, -0.1) is 11.3 Å². The van der Waals surface area contributed by atoms with Crippen molar-refractivity contribution in [1.29, 1.82) is 0 Å². The highest BCUT2D eigenvalue weighted by molar-refractivity contribution is 7.12. The summed E-state index contributed by atoms with van der Waals surface area (Å²) in [7, 11) is 0. The van der Waals surface area contributed by atoms with Crippen LogP contribution in [0.4, 0.5) is 13.2 Å². The molecule has 0 bridgehead atoms. The van der Waals surface area contributed by atoms with E-state index in [-0.39, 0.29) is 12.5 Å². The third-order valence-electron chi connectivity index (χ3n) is 4.04. The lowest BCUT2D eigenvalue weighted by Crippen LogP contribution is -2.47. The van der Waals surface area contributed by atoms with E-state index in [0.717, 1.165) is 4.90 Å². The number of carbonyl (C=O) groups is 2. The smallest absolute Gasteiger partial charge is 0.338 e. The Morgan fingerprint density at radius 1 is 1.33 bits per heavy atom. The van der Waals surface area contributed by atoms with Gasteiger partial charge in [-0.25, -0.2) is 0 Å². The number of nitrogens with zero attached hydrogens (tertiary/aromatic N) is 2. The van der Waals surface area contributed by atoms with Crippen molar-refractivity contribution in [3.8, 4) is 0 Å². The van der Waals surface area contributed by atoms with E-state index in [9.17, 15) is 22.8 Å². The van der Waals surface area contributed by atoms with E-state index in [2.05, 4.69) is 0 Å². The van der Waals surface area contributed by atoms with Gasteiger partial charge in [-0.1, -0.05) is 13.0 Å². The molecule has 2 heterocycles. The summed E-state index contributed by atoms with van der Waals surface area (Å²) in [6, 6.07) is 3.55. The molecule has 0 spiro atoms. The Morgan fingerprint density at radius 3 is 2.50 bits per heavy atom. The molecule has 1 saturated heterocycles. The summed E-state index contributed by atoms with van der Waals surface area (Å²) in [6.45, 7) is 1.46. The molecule has 0 unspecified atom stereocenters. The normalized spacial score (nSPS) is 16.2. The number of amides is 2. The van der Waals surface area contributed by atoms with E-state index < -0.39 is 24.5 Å². The Morgan fingerprint density at radius 2 is 2.00 bits per heavy atom. The highest BCUT2D eigenvalue weighted by atomic mass is 32.1. The van der Waals surface area contributed by atoms with Gasteiger partial charge in [0.15, 0.2) is 0 Å². The Hall–Kier alpha value is -1.57. The first-order valence-corrected chi connectivity index (χ1v) is 8.88. The molecular formula is C16H21F3N2O2S. The van der Waals surface area contributed by atoms with Crippen LogP contribution in [0.2, 0.25) is 0 Å². The van der Waals surface area contributed by atoms with Gasteiger partial charge >= 0.3 is 6.18 Å². The average molecular weight is 362 g/mol. The lowest BCUT2D eigenvalue weighted by atomic mass is 9.95. The van der Waals surface area contributed by atoms with E-state index in [4.69, 9.17) is 0 Å². The summed E-state index contributed by atoms with van der Waals surface area (Å²) in [5, 5.41) is 1.82. The van der Waals surface area contributed by atoms with Gasteiger partial charge in [0.05, 0.1) is 4.88 Å². The molecule has 4 nitrogen and oxygen atoms in total. The molecule has 0 aromatic carbocycles. The van der Waals surface area contributed by atoms with Crippen LogP contribution >= 0.6 is 11.3 Å². The zero-order valence-corrected chi connectivity index (χ0v) is 14.3. The van der Waals surface area contributed by atoms with E-state index >= 15 is 0 Å². The molecular weight excluding hydrogens is 341 g/mol. The molecule has 1 fully saturated rings. The Kier molecular flexibility index (Phi) is 6.26. The quantitative estimate of drug-likeness (QED) is 0.805. The highest BCUT2D eigenvalue weighted by Crippen LogP contribution is 2.24. The largest absolute Gasteiger partial charge is 0.406 e. The standard InChI is InChI=1S/C16H21F3N2O2S/c1-2-7-21(11-16(17,18)19)14(22)12-5-8-20(9-6-12)15(23)13-4-3-10-24-13/h3-4,10,12H,2,5-9,11H2,1H3. The fourth-order valence-corrected chi connectivity index (χ4v) is 3.59. The number of likely N-dealkylation sites (tertiary alicyclic amines) is 1. The zero-order chi connectivity index (χ0) is 17.7. The maximum absolute atomic E-state index is 12.6. The lowest BCUT2D eigenvalue weighted by Gasteiger charge is -2.34. The number of rotatable bonds is 5. The second kappa shape index (κ2) is 8.00. The topological polar surface area (TPSA) is 40.6 Å². The van der Waals surface area contributed by atoms with Crippen molar-refractivity contribution in [3.63, 3.8) is 0 Å². The van der Waals surface area contributed by atoms with Crippen LogP contribution in [0.15, 0.2) is 17.5 Å². The van der Waals surface area contributed by atoms with E-state index in [0.29, 0.717) is 37.2 Å². The van der Waals surface area contributed by atoms with Crippen molar-refractivity contribution in [2.45, 2.75) is 32.4 Å². The fourth-order valence-electron chi connectivity index (χ4n) is 2.90. The summed E-state index contributed by atoms with van der Waals surface area (Å²) in [4.78, 5) is 27.9. The summed E-state index contributed by atoms with van der Waals surface area (Å²) < 4.78 is 37.9. The summed E-state index contributed by atoms with van der Waals surface area (Å²) >= 11 is 1.36. The van der Waals surface area contributed by atoms with Crippen LogP contribution in [0.25, 0.3) is 0 Å². The SMILES string of the molecule is CCCN(CC(F)(F)F)C(=O)C1CCN(C(=O)c2cccs2)CC1. The van der Waals surface area contributed by atoms with E-state index in [1.54, 1.807) is 24.0 Å². The van der Waals surface area contributed by atoms with Gasteiger partial charge < -0.3 is 9.80 Å². The summed E-state index contributed by atoms with van der Waals surface area (Å²) in [5.74, 6) is -0.958. The first-order chi connectivity index (χ1) is 11.3. The molecule has 1 aromatic heterocycles. The molecule has 1 aromatic rings. The zero-order valence-electron chi connectivity index (χ0n) is 13.5. The third kappa shape index (κ3) is 4.96. The highest BCUT2D eigenvalue weighted by Gasteiger charge is 2.36. The van der Waals surface area contributed by atoms with Crippen LogP contribution < -0.4 is 0 Å². The molecule has 24 heavy (non-hydrogen) atoms. The number of carbonyl (C=O) groups excluding carboxylic acids is 2. The average Bonchev–Trinajstić information content (AvgIpc) is 3.06. The summed E-state index contributed by atoms with van der Waals surface area (Å²) in [6.07, 6.45) is -3.08. The van der Waals surface area contributed by atoms with Crippen LogP contribution in [-0.2, 0) is 4.79 Å². The minimum absolute atomic E-state index is 0.0726. The predicted octanol–water partition coefficient (Wildman–Crippen LogP) is 3.40.